The van der Waals surface area contributed by atoms with Crippen molar-refractivity contribution in [1.29, 1.82) is 0 Å². The SMILES string of the molecule is NCc1cnc(Cl)cc1OC(F)(F)F. The minimum atomic E-state index is -4.76. The number of pyridine rings is 1. The van der Waals surface area contributed by atoms with Crippen LogP contribution in [0.1, 0.15) is 5.56 Å². The second kappa shape index (κ2) is 4.02. The van der Waals surface area contributed by atoms with Crippen LogP contribution in [0.3, 0.4) is 0 Å². The molecule has 0 bridgehead atoms. The van der Waals surface area contributed by atoms with Crippen molar-refractivity contribution in [3.05, 3.63) is 23.0 Å². The van der Waals surface area contributed by atoms with Gasteiger partial charge >= 0.3 is 6.36 Å². The van der Waals surface area contributed by atoms with E-state index in [1.807, 2.05) is 0 Å². The molecule has 0 fully saturated rings. The van der Waals surface area contributed by atoms with E-state index in [4.69, 9.17) is 17.3 Å². The molecule has 0 aliphatic rings. The first kappa shape index (κ1) is 11.1. The zero-order valence-electron chi connectivity index (χ0n) is 6.81. The summed E-state index contributed by atoms with van der Waals surface area (Å²) in [5.74, 6) is -0.417. The first-order chi connectivity index (χ1) is 6.42. The first-order valence-corrected chi connectivity index (χ1v) is 3.90. The summed E-state index contributed by atoms with van der Waals surface area (Å²) in [4.78, 5) is 3.58. The van der Waals surface area contributed by atoms with Crippen LogP contribution in [0.25, 0.3) is 0 Å². The lowest BCUT2D eigenvalue weighted by atomic mass is 10.2. The Bertz CT molecular complexity index is 329. The van der Waals surface area contributed by atoms with Crippen LogP contribution < -0.4 is 10.5 Å². The molecule has 0 radical (unpaired) electrons. The average Bonchev–Trinajstić information content (AvgIpc) is 2.01. The number of nitrogens with two attached hydrogens (primary N) is 1. The number of ether oxygens (including phenoxy) is 1. The van der Waals surface area contributed by atoms with Gasteiger partial charge in [0, 0.05) is 24.4 Å². The Balaban J connectivity index is 2.99. The number of hydrogen-bond acceptors (Lipinski definition) is 3. The fourth-order valence-corrected chi connectivity index (χ4v) is 0.962. The van der Waals surface area contributed by atoms with Gasteiger partial charge in [0.2, 0.25) is 0 Å². The van der Waals surface area contributed by atoms with Gasteiger partial charge in [-0.2, -0.15) is 0 Å². The third-order valence-corrected chi connectivity index (χ3v) is 1.56. The molecule has 1 aromatic rings. The molecule has 0 unspecified atom stereocenters. The van der Waals surface area contributed by atoms with Crippen LogP contribution >= 0.6 is 11.6 Å². The Hall–Kier alpha value is -1.01. The maximum absolute atomic E-state index is 11.9. The van der Waals surface area contributed by atoms with Crippen LogP contribution in [0.5, 0.6) is 5.75 Å². The molecule has 1 aromatic heterocycles. The minimum absolute atomic E-state index is 0.0820. The van der Waals surface area contributed by atoms with Crippen molar-refractivity contribution >= 4 is 11.6 Å². The van der Waals surface area contributed by atoms with Crippen molar-refractivity contribution in [3.63, 3.8) is 0 Å². The van der Waals surface area contributed by atoms with Gasteiger partial charge in [-0.25, -0.2) is 4.98 Å². The van der Waals surface area contributed by atoms with Crippen LogP contribution in [0.4, 0.5) is 13.2 Å². The van der Waals surface area contributed by atoms with Crippen molar-refractivity contribution in [1.82, 2.24) is 4.98 Å². The minimum Gasteiger partial charge on any atom is -0.405 e. The molecule has 0 aromatic carbocycles. The van der Waals surface area contributed by atoms with E-state index in [9.17, 15) is 13.2 Å². The lowest BCUT2D eigenvalue weighted by Crippen LogP contribution is -2.18. The highest BCUT2D eigenvalue weighted by atomic mass is 35.5. The molecule has 3 nitrogen and oxygen atoms in total. The number of aromatic nitrogens is 1. The number of halogens is 4. The summed E-state index contributed by atoms with van der Waals surface area (Å²) in [5.41, 5.74) is 5.33. The fraction of sp³-hybridized carbons (Fsp3) is 0.286. The molecule has 0 aliphatic heterocycles. The molecule has 0 saturated heterocycles. The zero-order valence-corrected chi connectivity index (χ0v) is 7.56. The molecule has 1 rings (SSSR count). The Kier molecular flexibility index (Phi) is 3.17. The molecule has 0 saturated carbocycles. The lowest BCUT2D eigenvalue weighted by Gasteiger charge is -2.11. The molecule has 1 heterocycles. The number of hydrogen-bond donors (Lipinski definition) is 1. The molecule has 0 aliphatic carbocycles. The van der Waals surface area contributed by atoms with E-state index in [1.54, 1.807) is 0 Å². The summed E-state index contributed by atoms with van der Waals surface area (Å²) in [5, 5.41) is -0.0820. The Morgan fingerprint density at radius 2 is 2.14 bits per heavy atom. The highest BCUT2D eigenvalue weighted by molar-refractivity contribution is 6.29. The van der Waals surface area contributed by atoms with E-state index in [2.05, 4.69) is 9.72 Å². The molecule has 0 atom stereocenters. The average molecular weight is 227 g/mol. The number of nitrogens with zero attached hydrogens (tertiary/aromatic N) is 1. The maximum Gasteiger partial charge on any atom is 0.573 e. The van der Waals surface area contributed by atoms with Gasteiger partial charge in [0.25, 0.3) is 0 Å². The molecule has 0 amide bonds. The van der Waals surface area contributed by atoms with Crippen molar-refractivity contribution in [2.45, 2.75) is 12.9 Å². The summed E-state index contributed by atoms with van der Waals surface area (Å²) >= 11 is 5.40. The predicted octanol–water partition coefficient (Wildman–Crippen LogP) is 2.09. The van der Waals surface area contributed by atoms with Crippen molar-refractivity contribution in [2.75, 3.05) is 0 Å². The molecule has 0 spiro atoms. The monoisotopic (exact) mass is 226 g/mol. The van der Waals surface area contributed by atoms with Gasteiger partial charge in [0.05, 0.1) is 0 Å². The second-order valence-corrected chi connectivity index (χ2v) is 2.75. The normalized spacial score (nSPS) is 11.5. The van der Waals surface area contributed by atoms with Crippen LogP contribution in [-0.2, 0) is 6.54 Å². The molecular formula is C7H6ClF3N2O. The van der Waals surface area contributed by atoms with Gasteiger partial charge in [0.1, 0.15) is 10.9 Å². The Morgan fingerprint density at radius 3 is 2.64 bits per heavy atom. The quantitative estimate of drug-likeness (QED) is 0.786. The van der Waals surface area contributed by atoms with Gasteiger partial charge in [0.15, 0.2) is 0 Å². The molecule has 7 heteroatoms. The van der Waals surface area contributed by atoms with Gasteiger partial charge in [-0.05, 0) is 0 Å². The summed E-state index contributed by atoms with van der Waals surface area (Å²) in [7, 11) is 0. The van der Waals surface area contributed by atoms with E-state index in [-0.39, 0.29) is 17.3 Å². The van der Waals surface area contributed by atoms with Gasteiger partial charge in [-0.3, -0.25) is 0 Å². The van der Waals surface area contributed by atoms with E-state index >= 15 is 0 Å². The van der Waals surface area contributed by atoms with Crippen molar-refractivity contribution < 1.29 is 17.9 Å². The summed E-state index contributed by atoms with van der Waals surface area (Å²) in [6, 6.07) is 0.969. The van der Waals surface area contributed by atoms with Crippen molar-refractivity contribution in [2.24, 2.45) is 5.73 Å². The van der Waals surface area contributed by atoms with Crippen LogP contribution in [-0.4, -0.2) is 11.3 Å². The number of alkyl halides is 3. The molecule has 78 valence electrons. The highest BCUT2D eigenvalue weighted by Crippen LogP contribution is 2.27. The predicted molar refractivity (Wildman–Crippen MR) is 43.8 cm³/mol. The third kappa shape index (κ3) is 3.04. The number of rotatable bonds is 2. The summed E-state index contributed by atoms with van der Waals surface area (Å²) in [6.45, 7) is -0.102. The summed E-state index contributed by atoms with van der Waals surface area (Å²) in [6.07, 6.45) is -3.61. The van der Waals surface area contributed by atoms with E-state index < -0.39 is 12.1 Å². The largest absolute Gasteiger partial charge is 0.573 e. The van der Waals surface area contributed by atoms with E-state index in [1.165, 1.54) is 0 Å². The Labute approximate surface area is 82.6 Å². The van der Waals surface area contributed by atoms with Crippen LogP contribution in [0.2, 0.25) is 5.15 Å². The highest BCUT2D eigenvalue weighted by Gasteiger charge is 2.32. The second-order valence-electron chi connectivity index (χ2n) is 2.37. The third-order valence-electron chi connectivity index (χ3n) is 1.36. The zero-order chi connectivity index (χ0) is 10.8. The lowest BCUT2D eigenvalue weighted by molar-refractivity contribution is -0.274. The molecule has 2 N–H and O–H groups in total. The Morgan fingerprint density at radius 1 is 1.50 bits per heavy atom. The molecule has 14 heavy (non-hydrogen) atoms. The van der Waals surface area contributed by atoms with Gasteiger partial charge < -0.3 is 10.5 Å². The van der Waals surface area contributed by atoms with Crippen molar-refractivity contribution in [3.8, 4) is 5.75 Å². The van der Waals surface area contributed by atoms with Crippen LogP contribution in [0.15, 0.2) is 12.3 Å². The topological polar surface area (TPSA) is 48.1 Å². The van der Waals surface area contributed by atoms with E-state index in [0.29, 0.717) is 0 Å². The smallest absolute Gasteiger partial charge is 0.405 e. The molecular weight excluding hydrogens is 221 g/mol. The van der Waals surface area contributed by atoms with E-state index in [0.717, 1.165) is 12.3 Å². The van der Waals surface area contributed by atoms with Crippen LogP contribution in [0, 0.1) is 0 Å². The van der Waals surface area contributed by atoms with Gasteiger partial charge in [-0.1, -0.05) is 11.6 Å². The van der Waals surface area contributed by atoms with Gasteiger partial charge in [-0.15, -0.1) is 13.2 Å². The first-order valence-electron chi connectivity index (χ1n) is 3.52. The fourth-order valence-electron chi connectivity index (χ4n) is 0.814. The summed E-state index contributed by atoms with van der Waals surface area (Å²) < 4.78 is 39.3. The maximum atomic E-state index is 11.9. The standard InChI is InChI=1S/C7H6ClF3N2O/c8-6-1-5(14-7(9,10)11)4(2-12)3-13-6/h1,3H,2,12H2.